The van der Waals surface area contributed by atoms with Gasteiger partial charge < -0.3 is 10.2 Å². The lowest BCUT2D eigenvalue weighted by atomic mass is 10.2. The Kier molecular flexibility index (Phi) is 6.14. The van der Waals surface area contributed by atoms with Gasteiger partial charge in [0.1, 0.15) is 0 Å². The van der Waals surface area contributed by atoms with Crippen molar-refractivity contribution in [2.75, 3.05) is 7.05 Å². The molecule has 164 valence electrons. The maximum atomic E-state index is 14.5. The highest BCUT2D eigenvalue weighted by molar-refractivity contribution is 5.92. The van der Waals surface area contributed by atoms with Gasteiger partial charge in [-0.25, -0.2) is 0 Å². The van der Waals surface area contributed by atoms with Gasteiger partial charge in [-0.2, -0.15) is 18.6 Å². The van der Waals surface area contributed by atoms with Crippen LogP contribution in [0.3, 0.4) is 0 Å². The Balaban J connectivity index is 1.68. The van der Waals surface area contributed by atoms with E-state index in [-0.39, 0.29) is 23.5 Å². The van der Waals surface area contributed by atoms with Gasteiger partial charge in [0, 0.05) is 38.4 Å². The summed E-state index contributed by atoms with van der Waals surface area (Å²) in [5.74, 6) is -2.15. The van der Waals surface area contributed by atoms with E-state index in [1.165, 1.54) is 11.9 Å². The van der Waals surface area contributed by atoms with Gasteiger partial charge >= 0.3 is 12.0 Å². The zero-order valence-corrected chi connectivity index (χ0v) is 17.6. The number of hydrogen-bond donors (Lipinski definition) is 1. The van der Waals surface area contributed by atoms with Crippen molar-refractivity contribution in [3.05, 3.63) is 64.7 Å². The molecule has 0 aliphatic heterocycles. The van der Waals surface area contributed by atoms with E-state index in [0.29, 0.717) is 5.56 Å². The van der Waals surface area contributed by atoms with Crippen molar-refractivity contribution in [2.24, 2.45) is 7.05 Å². The number of rotatable bonds is 7. The van der Waals surface area contributed by atoms with Crippen LogP contribution in [0.25, 0.3) is 0 Å². The average Bonchev–Trinajstić information content (AvgIpc) is 3.33. The minimum Gasteiger partial charge on any atom is -0.345 e. The summed E-state index contributed by atoms with van der Waals surface area (Å²) in [6.45, 7) is 3.86. The molecule has 3 rings (SSSR count). The van der Waals surface area contributed by atoms with Gasteiger partial charge in [-0.3, -0.25) is 14.3 Å². The van der Waals surface area contributed by atoms with Gasteiger partial charge in [-0.1, -0.05) is 35.5 Å². The first-order valence-corrected chi connectivity index (χ1v) is 9.48. The summed E-state index contributed by atoms with van der Waals surface area (Å²) in [4.78, 5) is 26.0. The molecule has 11 heteroatoms. The van der Waals surface area contributed by atoms with E-state index in [2.05, 4.69) is 20.7 Å². The molecule has 0 bridgehead atoms. The predicted octanol–water partition coefficient (Wildman–Crippen LogP) is 1.77. The Morgan fingerprint density at radius 1 is 1.19 bits per heavy atom. The van der Waals surface area contributed by atoms with Gasteiger partial charge in [0.05, 0.1) is 11.9 Å². The van der Waals surface area contributed by atoms with E-state index < -0.39 is 17.9 Å². The van der Waals surface area contributed by atoms with E-state index in [9.17, 15) is 18.4 Å². The maximum Gasteiger partial charge on any atom is 0.423 e. The molecule has 2 amide bonds. The van der Waals surface area contributed by atoms with Gasteiger partial charge in [-0.05, 0) is 19.4 Å². The summed E-state index contributed by atoms with van der Waals surface area (Å²) in [7, 11) is 3.32. The minimum atomic E-state index is -4.00. The van der Waals surface area contributed by atoms with Crippen molar-refractivity contribution in [3.8, 4) is 0 Å². The summed E-state index contributed by atoms with van der Waals surface area (Å²) in [6.07, 6.45) is 0.768. The van der Waals surface area contributed by atoms with Crippen LogP contribution in [0.15, 0.2) is 36.5 Å². The second-order valence-corrected chi connectivity index (χ2v) is 7.19. The third-order valence-corrected chi connectivity index (χ3v) is 4.97. The number of nitrogens with zero attached hydrogens (tertiary/aromatic N) is 6. The molecule has 0 radical (unpaired) electrons. The standard InChI is InChI=1S/C20H23F2N7O2/c1-13-16(14(2)28(4)25-13)11-27(3)18(30)17-12-29(26-24-17)20(21,22)19(31)23-10-15-8-6-5-7-9-15/h5-9,12H,10-11H2,1-4H3,(H,23,31). The fraction of sp³-hybridized carbons (Fsp3) is 0.350. The van der Waals surface area contributed by atoms with Gasteiger partial charge in [0.25, 0.3) is 5.91 Å². The SMILES string of the molecule is Cc1nn(C)c(C)c1CN(C)C(=O)c1cn(C(F)(F)C(=O)NCc2ccccc2)nn1. The number of carbonyl (C=O) groups is 2. The highest BCUT2D eigenvalue weighted by atomic mass is 19.3. The number of benzene rings is 1. The van der Waals surface area contributed by atoms with E-state index in [4.69, 9.17) is 0 Å². The van der Waals surface area contributed by atoms with Crippen LogP contribution >= 0.6 is 0 Å². The molecule has 0 atom stereocenters. The molecule has 2 aromatic heterocycles. The van der Waals surface area contributed by atoms with Gasteiger partial charge in [0.15, 0.2) is 5.69 Å². The van der Waals surface area contributed by atoms with Crippen molar-refractivity contribution in [3.63, 3.8) is 0 Å². The Bertz CT molecular complexity index is 1090. The molecule has 0 aliphatic carbocycles. The maximum absolute atomic E-state index is 14.5. The van der Waals surface area contributed by atoms with Crippen LogP contribution in [0.5, 0.6) is 0 Å². The normalized spacial score (nSPS) is 11.4. The molecule has 1 N–H and O–H groups in total. The Morgan fingerprint density at radius 3 is 2.48 bits per heavy atom. The first-order valence-electron chi connectivity index (χ1n) is 9.48. The number of hydrogen-bond acceptors (Lipinski definition) is 5. The molecular weight excluding hydrogens is 408 g/mol. The fourth-order valence-corrected chi connectivity index (χ4v) is 3.04. The van der Waals surface area contributed by atoms with Gasteiger partial charge in [0.2, 0.25) is 0 Å². The molecule has 2 heterocycles. The van der Waals surface area contributed by atoms with Gasteiger partial charge in [-0.15, -0.1) is 5.10 Å². The molecule has 0 aliphatic rings. The Hall–Kier alpha value is -3.63. The second kappa shape index (κ2) is 8.62. The van der Waals surface area contributed by atoms with Crippen LogP contribution in [0, 0.1) is 13.8 Å². The van der Waals surface area contributed by atoms with Crippen molar-refractivity contribution >= 4 is 11.8 Å². The van der Waals surface area contributed by atoms with Crippen molar-refractivity contribution in [1.29, 1.82) is 0 Å². The van der Waals surface area contributed by atoms with Crippen LogP contribution in [0.4, 0.5) is 8.78 Å². The molecule has 0 fully saturated rings. The predicted molar refractivity (Wildman–Crippen MR) is 107 cm³/mol. The van der Waals surface area contributed by atoms with Crippen LogP contribution in [-0.4, -0.2) is 48.5 Å². The molecule has 0 saturated carbocycles. The molecule has 0 saturated heterocycles. The Labute approximate surface area is 177 Å². The smallest absolute Gasteiger partial charge is 0.345 e. The van der Waals surface area contributed by atoms with Crippen LogP contribution in [0.2, 0.25) is 0 Å². The molecule has 31 heavy (non-hydrogen) atoms. The number of halogens is 2. The summed E-state index contributed by atoms with van der Waals surface area (Å²) < 4.78 is 30.8. The quantitative estimate of drug-likeness (QED) is 0.615. The number of alkyl halides is 2. The Morgan fingerprint density at radius 2 is 1.87 bits per heavy atom. The third kappa shape index (κ3) is 4.60. The monoisotopic (exact) mass is 431 g/mol. The van der Waals surface area contributed by atoms with E-state index >= 15 is 0 Å². The molecule has 9 nitrogen and oxygen atoms in total. The van der Waals surface area contributed by atoms with E-state index in [1.54, 1.807) is 42.1 Å². The van der Waals surface area contributed by atoms with E-state index in [0.717, 1.165) is 23.1 Å². The highest BCUT2D eigenvalue weighted by Crippen LogP contribution is 2.21. The molecular formula is C20H23F2N7O2. The third-order valence-electron chi connectivity index (χ3n) is 4.97. The molecule has 3 aromatic rings. The lowest BCUT2D eigenvalue weighted by molar-refractivity contribution is -0.164. The average molecular weight is 431 g/mol. The summed E-state index contributed by atoms with van der Waals surface area (Å²) >= 11 is 0. The number of aryl methyl sites for hydroxylation is 2. The molecule has 0 spiro atoms. The summed E-state index contributed by atoms with van der Waals surface area (Å²) in [5.41, 5.74) is 2.89. The van der Waals surface area contributed by atoms with Crippen molar-refractivity contribution < 1.29 is 18.4 Å². The summed E-state index contributed by atoms with van der Waals surface area (Å²) in [5, 5.41) is 13.3. The number of nitrogens with one attached hydrogen (secondary N) is 1. The number of aromatic nitrogens is 5. The lowest BCUT2D eigenvalue weighted by Crippen LogP contribution is -2.42. The largest absolute Gasteiger partial charge is 0.423 e. The first kappa shape index (κ1) is 22.1. The first-order chi connectivity index (χ1) is 14.6. The van der Waals surface area contributed by atoms with Crippen LogP contribution < -0.4 is 5.32 Å². The van der Waals surface area contributed by atoms with E-state index in [1.807, 2.05) is 13.8 Å². The molecule has 1 aromatic carbocycles. The fourth-order valence-electron chi connectivity index (χ4n) is 3.04. The summed E-state index contributed by atoms with van der Waals surface area (Å²) in [6, 6.07) is 4.65. The highest BCUT2D eigenvalue weighted by Gasteiger charge is 2.43. The second-order valence-electron chi connectivity index (χ2n) is 7.19. The number of carbonyl (C=O) groups excluding carboxylic acids is 2. The zero-order valence-electron chi connectivity index (χ0n) is 17.6. The lowest BCUT2D eigenvalue weighted by Gasteiger charge is -2.16. The number of amides is 2. The molecule has 0 unspecified atom stereocenters. The van der Waals surface area contributed by atoms with Crippen LogP contribution in [0.1, 0.15) is 33.0 Å². The minimum absolute atomic E-state index is 0.0672. The topological polar surface area (TPSA) is 97.9 Å². The van der Waals surface area contributed by atoms with Crippen LogP contribution in [-0.2, 0) is 31.0 Å². The zero-order chi connectivity index (χ0) is 22.8. The van der Waals surface area contributed by atoms with Crippen molar-refractivity contribution in [1.82, 2.24) is 35.0 Å². The van der Waals surface area contributed by atoms with Crippen molar-refractivity contribution in [2.45, 2.75) is 33.0 Å².